The molecule has 0 aliphatic carbocycles. The summed E-state index contributed by atoms with van der Waals surface area (Å²) in [6.07, 6.45) is 0.862. The Balaban J connectivity index is 2.77. The van der Waals surface area contributed by atoms with Crippen molar-refractivity contribution in [3.05, 3.63) is 29.8 Å². The second-order valence-corrected chi connectivity index (χ2v) is 4.66. The Morgan fingerprint density at radius 2 is 1.90 bits per heavy atom. The zero-order valence-corrected chi connectivity index (χ0v) is 12.3. The summed E-state index contributed by atoms with van der Waals surface area (Å²) in [4.78, 5) is 23.9. The van der Waals surface area contributed by atoms with Gasteiger partial charge in [-0.1, -0.05) is 26.0 Å². The summed E-state index contributed by atoms with van der Waals surface area (Å²) in [7, 11) is 0. The number of rotatable bonds is 7. The number of hydrogen-bond acceptors (Lipinski definition) is 3. The third kappa shape index (κ3) is 5.01. The van der Waals surface area contributed by atoms with Crippen molar-refractivity contribution in [2.45, 2.75) is 33.2 Å². The molecule has 0 aliphatic heterocycles. The highest BCUT2D eigenvalue weighted by Crippen LogP contribution is 2.15. The van der Waals surface area contributed by atoms with Gasteiger partial charge in [-0.2, -0.15) is 0 Å². The van der Waals surface area contributed by atoms with Gasteiger partial charge in [-0.3, -0.25) is 9.59 Å². The first-order valence-electron chi connectivity index (χ1n) is 6.98. The van der Waals surface area contributed by atoms with Gasteiger partial charge in [0, 0.05) is 6.04 Å². The van der Waals surface area contributed by atoms with E-state index in [1.54, 1.807) is 24.3 Å². The lowest BCUT2D eigenvalue weighted by Gasteiger charge is -2.14. The van der Waals surface area contributed by atoms with Crippen molar-refractivity contribution in [2.24, 2.45) is 0 Å². The molecule has 0 aromatic heterocycles. The third-order valence-corrected chi connectivity index (χ3v) is 2.97. The first-order chi connectivity index (χ1) is 9.58. The molecule has 1 aromatic carbocycles. The number of likely N-dealkylation sites (N-methyl/N-ethyl adjacent to an activating group) is 1. The molecule has 2 amide bonds. The molecule has 1 aromatic rings. The summed E-state index contributed by atoms with van der Waals surface area (Å²) < 4.78 is 0. The highest BCUT2D eigenvalue weighted by molar-refractivity contribution is 6.04. The normalized spacial score (nSPS) is 11.8. The molecule has 0 aliphatic rings. The number of hydrogen-bond donors (Lipinski definition) is 3. The van der Waals surface area contributed by atoms with E-state index in [0.717, 1.165) is 13.0 Å². The van der Waals surface area contributed by atoms with Gasteiger partial charge in [-0.25, -0.2) is 0 Å². The molecule has 0 fully saturated rings. The minimum Gasteiger partial charge on any atom is -0.350 e. The van der Waals surface area contributed by atoms with E-state index in [1.807, 2.05) is 20.8 Å². The van der Waals surface area contributed by atoms with Crippen molar-refractivity contribution in [3.63, 3.8) is 0 Å². The van der Waals surface area contributed by atoms with Crippen molar-refractivity contribution >= 4 is 17.5 Å². The number of para-hydroxylation sites is 1. The second-order valence-electron chi connectivity index (χ2n) is 4.66. The monoisotopic (exact) mass is 277 g/mol. The molecule has 5 nitrogen and oxygen atoms in total. The zero-order valence-electron chi connectivity index (χ0n) is 12.3. The maximum atomic E-state index is 12.2. The summed E-state index contributed by atoms with van der Waals surface area (Å²) in [5.74, 6) is -0.325. The fraction of sp³-hybridized carbons (Fsp3) is 0.467. The largest absolute Gasteiger partial charge is 0.350 e. The van der Waals surface area contributed by atoms with E-state index < -0.39 is 0 Å². The molecule has 0 spiro atoms. The molecule has 20 heavy (non-hydrogen) atoms. The Labute approximate surface area is 120 Å². The van der Waals surface area contributed by atoms with Gasteiger partial charge in [-0.05, 0) is 32.0 Å². The van der Waals surface area contributed by atoms with Crippen molar-refractivity contribution in [3.8, 4) is 0 Å². The molecular formula is C15H23N3O2. The molecular weight excluding hydrogens is 254 g/mol. The van der Waals surface area contributed by atoms with Crippen molar-refractivity contribution in [2.75, 3.05) is 18.4 Å². The molecule has 1 rings (SSSR count). The predicted octanol–water partition coefficient (Wildman–Crippen LogP) is 1.76. The summed E-state index contributed by atoms with van der Waals surface area (Å²) in [6.45, 7) is 6.85. The highest BCUT2D eigenvalue weighted by Gasteiger charge is 2.14. The molecule has 1 atom stereocenters. The van der Waals surface area contributed by atoms with Crippen molar-refractivity contribution in [1.29, 1.82) is 0 Å². The van der Waals surface area contributed by atoms with E-state index in [0.29, 0.717) is 11.3 Å². The molecule has 0 bridgehead atoms. The molecule has 110 valence electrons. The fourth-order valence-electron chi connectivity index (χ4n) is 1.63. The van der Waals surface area contributed by atoms with E-state index >= 15 is 0 Å². The Morgan fingerprint density at radius 1 is 1.20 bits per heavy atom. The average Bonchev–Trinajstić information content (AvgIpc) is 2.45. The van der Waals surface area contributed by atoms with Gasteiger partial charge in [-0.15, -0.1) is 0 Å². The van der Waals surface area contributed by atoms with Gasteiger partial charge < -0.3 is 16.0 Å². The number of amides is 2. The number of carbonyl (C=O) groups is 2. The predicted molar refractivity (Wildman–Crippen MR) is 80.8 cm³/mol. The maximum Gasteiger partial charge on any atom is 0.253 e. The number of nitrogens with one attached hydrogen (secondary N) is 3. The summed E-state index contributed by atoms with van der Waals surface area (Å²) in [5, 5.41) is 8.60. The van der Waals surface area contributed by atoms with E-state index in [1.165, 1.54) is 0 Å². The Hall–Kier alpha value is -1.88. The van der Waals surface area contributed by atoms with E-state index in [4.69, 9.17) is 0 Å². The van der Waals surface area contributed by atoms with E-state index in [2.05, 4.69) is 16.0 Å². The van der Waals surface area contributed by atoms with E-state index in [-0.39, 0.29) is 24.4 Å². The zero-order chi connectivity index (χ0) is 15.0. The van der Waals surface area contributed by atoms with Crippen molar-refractivity contribution in [1.82, 2.24) is 10.6 Å². The molecule has 0 radical (unpaired) electrons. The first-order valence-corrected chi connectivity index (χ1v) is 6.98. The van der Waals surface area contributed by atoms with Crippen LogP contribution in [0.25, 0.3) is 0 Å². The van der Waals surface area contributed by atoms with Crippen LogP contribution in [0.2, 0.25) is 0 Å². The lowest BCUT2D eigenvalue weighted by molar-refractivity contribution is -0.115. The van der Waals surface area contributed by atoms with Crippen LogP contribution in [0.5, 0.6) is 0 Å². The molecule has 5 heteroatoms. The topological polar surface area (TPSA) is 70.2 Å². The Morgan fingerprint density at radius 3 is 2.55 bits per heavy atom. The number of carbonyl (C=O) groups excluding carboxylic acids is 2. The van der Waals surface area contributed by atoms with Crippen LogP contribution in [0.3, 0.4) is 0 Å². The fourth-order valence-corrected chi connectivity index (χ4v) is 1.63. The van der Waals surface area contributed by atoms with Crippen LogP contribution in [0.15, 0.2) is 24.3 Å². The van der Waals surface area contributed by atoms with Crippen molar-refractivity contribution < 1.29 is 9.59 Å². The van der Waals surface area contributed by atoms with Crippen LogP contribution in [-0.4, -0.2) is 30.9 Å². The van der Waals surface area contributed by atoms with Gasteiger partial charge in [0.25, 0.3) is 5.91 Å². The second kappa shape index (κ2) is 8.32. The average molecular weight is 277 g/mol. The SMILES string of the molecule is CCNCC(=O)Nc1ccccc1C(=O)NC(C)CC. The van der Waals surface area contributed by atoms with Gasteiger partial charge in [0.1, 0.15) is 0 Å². The van der Waals surface area contributed by atoms with Crippen LogP contribution in [0.1, 0.15) is 37.6 Å². The number of anilines is 1. The standard InChI is InChI=1S/C15H23N3O2/c1-4-11(3)17-15(20)12-8-6-7-9-13(12)18-14(19)10-16-5-2/h6-9,11,16H,4-5,10H2,1-3H3,(H,17,20)(H,18,19). The van der Waals surface area contributed by atoms with Gasteiger partial charge >= 0.3 is 0 Å². The van der Waals surface area contributed by atoms with Crippen LogP contribution >= 0.6 is 0 Å². The van der Waals surface area contributed by atoms with Gasteiger partial charge in [0.05, 0.1) is 17.8 Å². The highest BCUT2D eigenvalue weighted by atomic mass is 16.2. The smallest absolute Gasteiger partial charge is 0.253 e. The molecule has 0 saturated heterocycles. The molecule has 0 heterocycles. The van der Waals surface area contributed by atoms with Crippen LogP contribution in [0.4, 0.5) is 5.69 Å². The number of benzene rings is 1. The summed E-state index contributed by atoms with van der Waals surface area (Å²) in [6, 6.07) is 7.12. The lowest BCUT2D eigenvalue weighted by Crippen LogP contribution is -2.33. The molecule has 0 saturated carbocycles. The summed E-state index contributed by atoms with van der Waals surface area (Å²) >= 11 is 0. The van der Waals surface area contributed by atoms with Crippen LogP contribution in [-0.2, 0) is 4.79 Å². The Kier molecular flexibility index (Phi) is 6.73. The van der Waals surface area contributed by atoms with Crippen LogP contribution < -0.4 is 16.0 Å². The van der Waals surface area contributed by atoms with Gasteiger partial charge in [0.15, 0.2) is 0 Å². The minimum atomic E-state index is -0.168. The first kappa shape index (κ1) is 16.2. The Bertz CT molecular complexity index is 460. The third-order valence-electron chi connectivity index (χ3n) is 2.97. The maximum absolute atomic E-state index is 12.2. The van der Waals surface area contributed by atoms with E-state index in [9.17, 15) is 9.59 Å². The minimum absolute atomic E-state index is 0.105. The van der Waals surface area contributed by atoms with Gasteiger partial charge in [0.2, 0.25) is 5.91 Å². The molecule has 3 N–H and O–H groups in total. The summed E-state index contributed by atoms with van der Waals surface area (Å²) in [5.41, 5.74) is 1.02. The molecule has 1 unspecified atom stereocenters. The quantitative estimate of drug-likeness (QED) is 0.711. The van der Waals surface area contributed by atoms with Crippen LogP contribution in [0, 0.1) is 0 Å². The lowest BCUT2D eigenvalue weighted by atomic mass is 10.1.